The number of carbonyl (C=O) groups is 2. The van der Waals surface area contributed by atoms with Crippen LogP contribution in [0, 0.1) is 11.8 Å². The summed E-state index contributed by atoms with van der Waals surface area (Å²) in [7, 11) is 1.69. The van der Waals surface area contributed by atoms with E-state index >= 15 is 0 Å². The molecule has 0 aromatic carbocycles. The normalized spacial score (nSPS) is 32.0. The van der Waals surface area contributed by atoms with E-state index in [1.165, 1.54) is 0 Å². The molecule has 192 valence electrons. The van der Waals surface area contributed by atoms with Crippen molar-refractivity contribution >= 4 is 23.2 Å². The first-order valence-corrected chi connectivity index (χ1v) is 12.4. The Morgan fingerprint density at radius 3 is 2.77 bits per heavy atom. The van der Waals surface area contributed by atoms with Gasteiger partial charge in [0, 0.05) is 58.5 Å². The molecular weight excluding hydrogens is 455 g/mol. The van der Waals surface area contributed by atoms with Crippen LogP contribution in [0.25, 0.3) is 0 Å². The number of anilines is 2. The highest BCUT2D eigenvalue weighted by Crippen LogP contribution is 2.32. The molecule has 4 unspecified atom stereocenters. The number of nitrogens with one attached hydrogen (secondary N) is 3. The molecule has 5 N–H and O–H groups in total. The number of fused-ring (bicyclic) bond motifs is 1. The number of amides is 2. The van der Waals surface area contributed by atoms with E-state index in [0.29, 0.717) is 25.3 Å². The van der Waals surface area contributed by atoms with Crippen LogP contribution >= 0.6 is 0 Å². The van der Waals surface area contributed by atoms with Crippen LogP contribution in [0.1, 0.15) is 19.3 Å². The second kappa shape index (κ2) is 10.3. The molecule has 0 bridgehead atoms. The first kappa shape index (κ1) is 24.3. The highest BCUT2D eigenvalue weighted by atomic mass is 19.1. The van der Waals surface area contributed by atoms with Crippen molar-refractivity contribution in [2.45, 2.75) is 43.9 Å². The molecule has 5 atom stereocenters. The fourth-order valence-corrected chi connectivity index (χ4v) is 5.70. The molecule has 0 spiro atoms. The summed E-state index contributed by atoms with van der Waals surface area (Å²) in [6.45, 7) is 3.23. The smallest absolute Gasteiger partial charge is 0.233 e. The lowest BCUT2D eigenvalue weighted by Crippen LogP contribution is -2.58. The average Bonchev–Trinajstić information content (AvgIpc) is 3.47. The number of piperidine rings is 1. The van der Waals surface area contributed by atoms with Crippen molar-refractivity contribution in [3.8, 4) is 0 Å². The minimum absolute atomic E-state index is 0.00647. The van der Waals surface area contributed by atoms with Crippen LogP contribution in [-0.2, 0) is 14.3 Å². The van der Waals surface area contributed by atoms with E-state index < -0.39 is 18.3 Å². The standard InChI is InChI=1S/C23H35FN8O3/c1-35-16-5-9-31(13-16)23(34)14-3-7-30(8-4-14)18-2-6-26-11-17(18)28-22(33)19-20(25)29-32-12-15(24)10-27-21(19)32/h2,6,11,14-16,19-21,27,29H,3-5,7-10,12-13,25H2,1H3,(H,28,33)/t15?,16-,19?,20?,21?/m1/s1. The number of ether oxygens (including phenoxy) is 1. The summed E-state index contributed by atoms with van der Waals surface area (Å²) in [6, 6.07) is 1.88. The summed E-state index contributed by atoms with van der Waals surface area (Å²) in [4.78, 5) is 34.5. The van der Waals surface area contributed by atoms with Crippen LogP contribution in [0.15, 0.2) is 18.5 Å². The van der Waals surface area contributed by atoms with Crippen molar-refractivity contribution in [1.82, 2.24) is 25.6 Å². The van der Waals surface area contributed by atoms with Gasteiger partial charge in [-0.25, -0.2) is 14.8 Å². The third-order valence-corrected chi connectivity index (χ3v) is 7.65. The molecule has 12 heteroatoms. The van der Waals surface area contributed by atoms with Gasteiger partial charge in [-0.1, -0.05) is 0 Å². The molecule has 4 saturated heterocycles. The van der Waals surface area contributed by atoms with E-state index in [1.807, 2.05) is 11.0 Å². The molecule has 5 rings (SSSR count). The number of carbonyl (C=O) groups excluding carboxylic acids is 2. The minimum atomic E-state index is -1.01. The van der Waals surface area contributed by atoms with Crippen LogP contribution in [0.3, 0.4) is 0 Å². The molecule has 4 fully saturated rings. The van der Waals surface area contributed by atoms with Crippen molar-refractivity contribution in [2.24, 2.45) is 17.6 Å². The van der Waals surface area contributed by atoms with Crippen LogP contribution in [0.5, 0.6) is 0 Å². The van der Waals surface area contributed by atoms with E-state index in [0.717, 1.165) is 31.5 Å². The number of pyridine rings is 1. The zero-order valence-electron chi connectivity index (χ0n) is 20.0. The Morgan fingerprint density at radius 2 is 2.03 bits per heavy atom. The number of nitrogens with zero attached hydrogens (tertiary/aromatic N) is 4. The number of methoxy groups -OCH3 is 1. The predicted octanol–water partition coefficient (Wildman–Crippen LogP) is -0.528. The summed E-state index contributed by atoms with van der Waals surface area (Å²) in [5.41, 5.74) is 10.7. The van der Waals surface area contributed by atoms with Crippen LogP contribution in [0.4, 0.5) is 15.8 Å². The molecule has 35 heavy (non-hydrogen) atoms. The van der Waals surface area contributed by atoms with Gasteiger partial charge in [0.1, 0.15) is 6.17 Å². The minimum Gasteiger partial charge on any atom is -0.380 e. The van der Waals surface area contributed by atoms with Gasteiger partial charge in [0.2, 0.25) is 11.8 Å². The second-order valence-corrected chi connectivity index (χ2v) is 9.86. The number of hydrogen-bond acceptors (Lipinski definition) is 9. The Hall–Kier alpha value is -2.38. The summed E-state index contributed by atoms with van der Waals surface area (Å²) in [5.74, 6) is -0.610. The number of aromatic nitrogens is 1. The fourth-order valence-electron chi connectivity index (χ4n) is 5.70. The maximum Gasteiger partial charge on any atom is 0.233 e. The molecule has 4 aliphatic rings. The highest BCUT2D eigenvalue weighted by molar-refractivity contribution is 5.96. The number of likely N-dealkylation sites (tertiary alicyclic amines) is 1. The van der Waals surface area contributed by atoms with Gasteiger partial charge >= 0.3 is 0 Å². The summed E-state index contributed by atoms with van der Waals surface area (Å²) >= 11 is 0. The monoisotopic (exact) mass is 490 g/mol. The highest BCUT2D eigenvalue weighted by Gasteiger charge is 2.47. The second-order valence-electron chi connectivity index (χ2n) is 9.86. The number of alkyl halides is 1. The first-order valence-electron chi connectivity index (χ1n) is 12.4. The van der Waals surface area contributed by atoms with Crippen LogP contribution < -0.4 is 26.7 Å². The van der Waals surface area contributed by atoms with E-state index in [-0.39, 0.29) is 43.1 Å². The van der Waals surface area contributed by atoms with Gasteiger partial charge in [-0.15, -0.1) is 0 Å². The molecule has 11 nitrogen and oxygen atoms in total. The van der Waals surface area contributed by atoms with Gasteiger partial charge in [0.15, 0.2) is 0 Å². The van der Waals surface area contributed by atoms with Gasteiger partial charge in [-0.2, -0.15) is 0 Å². The van der Waals surface area contributed by atoms with Crippen molar-refractivity contribution in [1.29, 1.82) is 0 Å². The molecule has 0 aliphatic carbocycles. The Balaban J connectivity index is 1.21. The number of rotatable bonds is 5. The molecule has 2 amide bonds. The Kier molecular flexibility index (Phi) is 7.17. The van der Waals surface area contributed by atoms with Gasteiger partial charge in [0.25, 0.3) is 0 Å². The van der Waals surface area contributed by atoms with Crippen molar-refractivity contribution in [3.63, 3.8) is 0 Å². The fraction of sp³-hybridized carbons (Fsp3) is 0.696. The molecule has 1 aromatic heterocycles. The quantitative estimate of drug-likeness (QED) is 0.431. The molecule has 5 heterocycles. The van der Waals surface area contributed by atoms with Crippen LogP contribution in [-0.4, -0.2) is 97.7 Å². The zero-order valence-corrected chi connectivity index (χ0v) is 20.0. The summed E-state index contributed by atoms with van der Waals surface area (Å²) < 4.78 is 19.2. The lowest BCUT2D eigenvalue weighted by Gasteiger charge is -2.36. The van der Waals surface area contributed by atoms with Gasteiger partial charge in [-0.3, -0.25) is 19.9 Å². The van der Waals surface area contributed by atoms with Gasteiger partial charge < -0.3 is 25.6 Å². The van der Waals surface area contributed by atoms with Crippen molar-refractivity contribution in [2.75, 3.05) is 56.6 Å². The number of hydrazine groups is 1. The Bertz CT molecular complexity index is 930. The summed E-state index contributed by atoms with van der Waals surface area (Å²) in [6.07, 6.45) is 3.87. The maximum absolute atomic E-state index is 13.8. The molecule has 4 aliphatic heterocycles. The van der Waals surface area contributed by atoms with E-state index in [1.54, 1.807) is 24.5 Å². The number of nitrogens with two attached hydrogens (primary N) is 1. The van der Waals surface area contributed by atoms with Gasteiger partial charge in [0.05, 0.1) is 41.9 Å². The SMILES string of the molecule is CO[C@@H]1CCN(C(=O)C2CCN(c3ccncc3NC(=O)C3C(N)NN4CC(F)CNC34)CC2)C1. The molecule has 1 aromatic rings. The lowest BCUT2D eigenvalue weighted by atomic mass is 9.95. The lowest BCUT2D eigenvalue weighted by molar-refractivity contribution is -0.135. The Morgan fingerprint density at radius 1 is 1.23 bits per heavy atom. The topological polar surface area (TPSA) is 128 Å². The van der Waals surface area contributed by atoms with E-state index in [9.17, 15) is 14.0 Å². The van der Waals surface area contributed by atoms with Gasteiger partial charge in [-0.05, 0) is 25.3 Å². The third-order valence-electron chi connectivity index (χ3n) is 7.65. The number of halogens is 1. The predicted molar refractivity (Wildman–Crippen MR) is 128 cm³/mol. The third kappa shape index (κ3) is 4.98. The molecular formula is C23H35FN8O3. The Labute approximate surface area is 204 Å². The van der Waals surface area contributed by atoms with E-state index in [4.69, 9.17) is 10.5 Å². The molecule has 0 radical (unpaired) electrons. The van der Waals surface area contributed by atoms with Crippen LogP contribution in [0.2, 0.25) is 0 Å². The zero-order chi connectivity index (χ0) is 24.5. The average molecular weight is 491 g/mol. The maximum atomic E-state index is 13.8. The van der Waals surface area contributed by atoms with Crippen molar-refractivity contribution in [3.05, 3.63) is 18.5 Å². The molecule has 0 saturated carbocycles. The largest absolute Gasteiger partial charge is 0.380 e. The number of hydrogen-bond donors (Lipinski definition) is 4. The first-order chi connectivity index (χ1) is 16.9. The summed E-state index contributed by atoms with van der Waals surface area (Å²) in [5, 5.41) is 7.75. The van der Waals surface area contributed by atoms with E-state index in [2.05, 4.69) is 25.9 Å². The van der Waals surface area contributed by atoms with Crippen molar-refractivity contribution < 1.29 is 18.7 Å².